The minimum absolute atomic E-state index is 0.279. The van der Waals surface area contributed by atoms with Crippen LogP contribution in [-0.2, 0) is 6.42 Å². The van der Waals surface area contributed by atoms with Crippen molar-refractivity contribution in [1.29, 1.82) is 0 Å². The number of hydrogen-bond donors (Lipinski definition) is 1. The molecule has 112 valence electrons. The van der Waals surface area contributed by atoms with Gasteiger partial charge in [0, 0.05) is 20.7 Å². The molecule has 0 aliphatic heterocycles. The van der Waals surface area contributed by atoms with E-state index in [-0.39, 0.29) is 6.04 Å². The van der Waals surface area contributed by atoms with E-state index < -0.39 is 0 Å². The van der Waals surface area contributed by atoms with Gasteiger partial charge in [-0.25, -0.2) is 0 Å². The van der Waals surface area contributed by atoms with Gasteiger partial charge in [0.25, 0.3) is 0 Å². The van der Waals surface area contributed by atoms with E-state index in [2.05, 4.69) is 59.7 Å². The molecule has 0 radical (unpaired) electrons. The summed E-state index contributed by atoms with van der Waals surface area (Å²) in [6.45, 7) is 4.56. The first-order chi connectivity index (χ1) is 9.58. The van der Waals surface area contributed by atoms with E-state index in [0.717, 1.165) is 24.0 Å². The SMILES string of the molecule is CCC(N)Cc1ccc(Br)cc1SC1CCCC(C)C1. The fraction of sp³-hybridized carbons (Fsp3) is 0.647. The minimum atomic E-state index is 0.279. The summed E-state index contributed by atoms with van der Waals surface area (Å²) in [7, 11) is 0. The zero-order valence-electron chi connectivity index (χ0n) is 12.6. The first-order valence-electron chi connectivity index (χ1n) is 7.79. The van der Waals surface area contributed by atoms with Gasteiger partial charge in [-0.15, -0.1) is 11.8 Å². The maximum Gasteiger partial charge on any atom is 0.0186 e. The molecule has 0 bridgehead atoms. The van der Waals surface area contributed by atoms with Crippen molar-refractivity contribution in [1.82, 2.24) is 0 Å². The third-order valence-corrected chi connectivity index (χ3v) is 6.11. The summed E-state index contributed by atoms with van der Waals surface area (Å²) in [5.74, 6) is 0.884. The minimum Gasteiger partial charge on any atom is -0.327 e. The van der Waals surface area contributed by atoms with Gasteiger partial charge in [0.2, 0.25) is 0 Å². The number of rotatable bonds is 5. The Morgan fingerprint density at radius 1 is 1.40 bits per heavy atom. The third-order valence-electron chi connectivity index (χ3n) is 4.22. The van der Waals surface area contributed by atoms with Crippen LogP contribution in [0.15, 0.2) is 27.6 Å². The predicted octanol–water partition coefficient (Wildman–Crippen LogP) is 5.40. The molecule has 2 N–H and O–H groups in total. The summed E-state index contributed by atoms with van der Waals surface area (Å²) < 4.78 is 1.18. The van der Waals surface area contributed by atoms with Crippen molar-refractivity contribution < 1.29 is 0 Å². The van der Waals surface area contributed by atoms with Gasteiger partial charge in [0.1, 0.15) is 0 Å². The topological polar surface area (TPSA) is 26.0 Å². The van der Waals surface area contributed by atoms with Gasteiger partial charge in [0.15, 0.2) is 0 Å². The summed E-state index contributed by atoms with van der Waals surface area (Å²) in [5.41, 5.74) is 7.57. The van der Waals surface area contributed by atoms with E-state index in [0.29, 0.717) is 0 Å². The first kappa shape index (κ1) is 16.4. The molecule has 1 nitrogen and oxygen atoms in total. The lowest BCUT2D eigenvalue weighted by Crippen LogP contribution is -2.22. The highest BCUT2D eigenvalue weighted by atomic mass is 79.9. The summed E-state index contributed by atoms with van der Waals surface area (Å²) >= 11 is 5.69. The van der Waals surface area contributed by atoms with Crippen LogP contribution in [0.25, 0.3) is 0 Å². The van der Waals surface area contributed by atoms with Gasteiger partial charge in [-0.1, -0.05) is 48.7 Å². The predicted molar refractivity (Wildman–Crippen MR) is 93.4 cm³/mol. The molecule has 2 rings (SSSR count). The number of thioether (sulfide) groups is 1. The number of halogens is 1. The van der Waals surface area contributed by atoms with Gasteiger partial charge >= 0.3 is 0 Å². The first-order valence-corrected chi connectivity index (χ1v) is 9.46. The summed E-state index contributed by atoms with van der Waals surface area (Å²) in [5, 5.41) is 0.782. The van der Waals surface area contributed by atoms with Crippen LogP contribution in [0.5, 0.6) is 0 Å². The molecule has 20 heavy (non-hydrogen) atoms. The molecule has 1 saturated carbocycles. The zero-order chi connectivity index (χ0) is 14.5. The van der Waals surface area contributed by atoms with Crippen molar-refractivity contribution in [2.75, 3.05) is 0 Å². The molecule has 1 aliphatic rings. The summed E-state index contributed by atoms with van der Waals surface area (Å²) in [4.78, 5) is 1.43. The largest absolute Gasteiger partial charge is 0.327 e. The van der Waals surface area contributed by atoms with Gasteiger partial charge in [0.05, 0.1) is 0 Å². The van der Waals surface area contributed by atoms with E-state index in [1.807, 2.05) is 0 Å². The molecule has 3 atom stereocenters. The smallest absolute Gasteiger partial charge is 0.0186 e. The third kappa shape index (κ3) is 4.78. The number of nitrogens with two attached hydrogens (primary N) is 1. The van der Waals surface area contributed by atoms with Crippen molar-refractivity contribution in [3.05, 3.63) is 28.2 Å². The molecule has 0 spiro atoms. The molecule has 0 saturated heterocycles. The molecular weight excluding hydrogens is 330 g/mol. The molecular formula is C17H26BrNS. The Labute approximate surface area is 136 Å². The standard InChI is InChI=1S/C17H26BrNS/c1-3-15(19)10-13-7-8-14(18)11-17(13)20-16-6-4-5-12(2)9-16/h7-8,11-12,15-16H,3-6,9-10,19H2,1-2H3. The van der Waals surface area contributed by atoms with Crippen LogP contribution in [0.2, 0.25) is 0 Å². The second-order valence-corrected chi connectivity index (χ2v) is 8.39. The second-order valence-electron chi connectivity index (χ2n) is 6.14. The van der Waals surface area contributed by atoms with Crippen molar-refractivity contribution in [3.8, 4) is 0 Å². The fourth-order valence-electron chi connectivity index (χ4n) is 2.90. The van der Waals surface area contributed by atoms with Gasteiger partial charge in [-0.05, 0) is 49.3 Å². The van der Waals surface area contributed by atoms with Gasteiger partial charge < -0.3 is 5.73 Å². The fourth-order valence-corrected chi connectivity index (χ4v) is 4.98. The average molecular weight is 356 g/mol. The Hall–Kier alpha value is 0.01000. The molecule has 0 heterocycles. The molecule has 3 unspecified atom stereocenters. The Morgan fingerprint density at radius 2 is 2.20 bits per heavy atom. The van der Waals surface area contributed by atoms with Crippen LogP contribution in [0.1, 0.15) is 51.5 Å². The van der Waals surface area contributed by atoms with Crippen LogP contribution >= 0.6 is 27.7 Å². The maximum absolute atomic E-state index is 6.15. The summed E-state index contributed by atoms with van der Waals surface area (Å²) in [6, 6.07) is 6.95. The van der Waals surface area contributed by atoms with E-state index in [1.54, 1.807) is 0 Å². The summed E-state index contributed by atoms with van der Waals surface area (Å²) in [6.07, 6.45) is 7.55. The zero-order valence-corrected chi connectivity index (χ0v) is 15.0. The highest BCUT2D eigenvalue weighted by Gasteiger charge is 2.21. The number of benzene rings is 1. The van der Waals surface area contributed by atoms with E-state index in [1.165, 1.54) is 40.6 Å². The Morgan fingerprint density at radius 3 is 2.90 bits per heavy atom. The van der Waals surface area contributed by atoms with Crippen molar-refractivity contribution in [2.45, 2.75) is 68.6 Å². The Bertz CT molecular complexity index is 435. The lowest BCUT2D eigenvalue weighted by atomic mass is 9.91. The van der Waals surface area contributed by atoms with Gasteiger partial charge in [-0.2, -0.15) is 0 Å². The Balaban J connectivity index is 2.10. The molecule has 1 fully saturated rings. The molecule has 3 heteroatoms. The van der Waals surface area contributed by atoms with Crippen LogP contribution in [0.4, 0.5) is 0 Å². The maximum atomic E-state index is 6.15. The average Bonchev–Trinajstić information content (AvgIpc) is 2.41. The highest BCUT2D eigenvalue weighted by molar-refractivity contribution is 9.10. The van der Waals surface area contributed by atoms with Gasteiger partial charge in [-0.3, -0.25) is 0 Å². The van der Waals surface area contributed by atoms with Crippen LogP contribution in [0.3, 0.4) is 0 Å². The second kappa shape index (κ2) is 7.86. The Kier molecular flexibility index (Phi) is 6.44. The van der Waals surface area contributed by atoms with Crippen molar-refractivity contribution in [3.63, 3.8) is 0 Å². The monoisotopic (exact) mass is 355 g/mol. The number of hydrogen-bond acceptors (Lipinski definition) is 2. The lowest BCUT2D eigenvalue weighted by Gasteiger charge is -2.27. The van der Waals surface area contributed by atoms with Crippen LogP contribution in [0, 0.1) is 5.92 Å². The lowest BCUT2D eigenvalue weighted by molar-refractivity contribution is 0.394. The van der Waals surface area contributed by atoms with Crippen molar-refractivity contribution >= 4 is 27.7 Å². The van der Waals surface area contributed by atoms with E-state index in [4.69, 9.17) is 5.73 Å². The highest BCUT2D eigenvalue weighted by Crippen LogP contribution is 2.38. The molecule has 1 aromatic carbocycles. The normalized spacial score (nSPS) is 24.6. The van der Waals surface area contributed by atoms with E-state index in [9.17, 15) is 0 Å². The van der Waals surface area contributed by atoms with Crippen molar-refractivity contribution in [2.24, 2.45) is 11.7 Å². The molecule has 0 aromatic heterocycles. The van der Waals surface area contributed by atoms with Crippen LogP contribution in [-0.4, -0.2) is 11.3 Å². The molecule has 1 aromatic rings. The molecule has 0 amide bonds. The quantitative estimate of drug-likeness (QED) is 0.764. The van der Waals surface area contributed by atoms with E-state index >= 15 is 0 Å². The van der Waals surface area contributed by atoms with Crippen LogP contribution < -0.4 is 5.73 Å². The molecule has 1 aliphatic carbocycles.